The molecule has 0 saturated carbocycles. The maximum atomic E-state index is 12.6. The Morgan fingerprint density at radius 3 is 2.26 bits per heavy atom. The molecule has 2 aromatic rings. The summed E-state index contributed by atoms with van der Waals surface area (Å²) in [4.78, 5) is 21.9. The molecular weight excluding hydrogens is 367 g/mol. The summed E-state index contributed by atoms with van der Waals surface area (Å²) in [6, 6.07) is 14.7. The van der Waals surface area contributed by atoms with Crippen LogP contribution >= 0.6 is 7.37 Å². The first-order valence-electron chi connectivity index (χ1n) is 8.62. The van der Waals surface area contributed by atoms with Crippen LogP contribution in [0.5, 0.6) is 0 Å². The fourth-order valence-electron chi connectivity index (χ4n) is 2.65. The molecule has 0 heterocycles. The molecule has 0 spiro atoms. The number of aliphatic hydroxyl groups excluding tert-OH is 1. The van der Waals surface area contributed by atoms with E-state index in [0.717, 1.165) is 5.56 Å². The third kappa shape index (κ3) is 6.48. The minimum absolute atomic E-state index is 0.120. The van der Waals surface area contributed by atoms with Gasteiger partial charge in [0.1, 0.15) is 6.04 Å². The normalized spacial score (nSPS) is 15.5. The number of carboxylic acids is 1. The first-order chi connectivity index (χ1) is 12.8. The Morgan fingerprint density at radius 2 is 1.70 bits per heavy atom. The number of aliphatic carboxylic acids is 1. The SMILES string of the molecule is NC(CCc1ccccc1)P(=O)(O)CC(Nc1ccc(CO)cc1)C(=O)O. The summed E-state index contributed by atoms with van der Waals surface area (Å²) < 4.78 is 12.6. The molecular formula is C19H25N2O5P. The van der Waals surface area contributed by atoms with Crippen molar-refractivity contribution in [2.45, 2.75) is 31.3 Å². The van der Waals surface area contributed by atoms with Gasteiger partial charge in [0.05, 0.1) is 18.6 Å². The quantitative estimate of drug-likeness (QED) is 0.392. The van der Waals surface area contributed by atoms with Crippen molar-refractivity contribution < 1.29 is 24.5 Å². The van der Waals surface area contributed by atoms with Crippen LogP contribution in [0, 0.1) is 0 Å². The molecule has 7 nitrogen and oxygen atoms in total. The zero-order valence-corrected chi connectivity index (χ0v) is 15.8. The zero-order valence-electron chi connectivity index (χ0n) is 14.9. The van der Waals surface area contributed by atoms with Crippen molar-refractivity contribution in [3.8, 4) is 0 Å². The minimum atomic E-state index is -3.89. The van der Waals surface area contributed by atoms with Crippen LogP contribution in [0.1, 0.15) is 17.5 Å². The number of benzene rings is 2. The van der Waals surface area contributed by atoms with Gasteiger partial charge < -0.3 is 26.2 Å². The highest BCUT2D eigenvalue weighted by atomic mass is 31.2. The lowest BCUT2D eigenvalue weighted by molar-refractivity contribution is -0.137. The highest BCUT2D eigenvalue weighted by Crippen LogP contribution is 2.46. The lowest BCUT2D eigenvalue weighted by Crippen LogP contribution is -2.36. The Bertz CT molecular complexity index is 782. The maximum absolute atomic E-state index is 12.6. The molecule has 0 radical (unpaired) electrons. The highest BCUT2D eigenvalue weighted by Gasteiger charge is 2.34. The molecule has 0 saturated heterocycles. The molecule has 0 fully saturated rings. The van der Waals surface area contributed by atoms with E-state index < -0.39 is 31.3 Å². The van der Waals surface area contributed by atoms with Crippen molar-refractivity contribution in [2.24, 2.45) is 5.73 Å². The van der Waals surface area contributed by atoms with Crippen LogP contribution in [0.2, 0.25) is 0 Å². The predicted molar refractivity (Wildman–Crippen MR) is 105 cm³/mol. The lowest BCUT2D eigenvalue weighted by atomic mass is 10.1. The van der Waals surface area contributed by atoms with E-state index in [1.165, 1.54) is 0 Å². The zero-order chi connectivity index (χ0) is 19.9. The van der Waals surface area contributed by atoms with Crippen LogP contribution in [0.25, 0.3) is 0 Å². The van der Waals surface area contributed by atoms with E-state index in [9.17, 15) is 19.4 Å². The molecule has 0 aliphatic heterocycles. The number of rotatable bonds is 10. The van der Waals surface area contributed by atoms with E-state index in [4.69, 9.17) is 10.8 Å². The second-order valence-electron chi connectivity index (χ2n) is 6.42. The molecule has 146 valence electrons. The van der Waals surface area contributed by atoms with Gasteiger partial charge in [-0.2, -0.15) is 0 Å². The van der Waals surface area contributed by atoms with Crippen LogP contribution in [-0.2, 0) is 22.4 Å². The Labute approximate surface area is 158 Å². The maximum Gasteiger partial charge on any atom is 0.326 e. The number of anilines is 1. The average molecular weight is 392 g/mol. The highest BCUT2D eigenvalue weighted by molar-refractivity contribution is 7.58. The first-order valence-corrected chi connectivity index (χ1v) is 10.5. The van der Waals surface area contributed by atoms with Gasteiger partial charge in [-0.15, -0.1) is 0 Å². The Kier molecular flexibility index (Phi) is 7.56. The molecule has 0 amide bonds. The van der Waals surface area contributed by atoms with Gasteiger partial charge in [-0.1, -0.05) is 42.5 Å². The number of carbonyl (C=O) groups is 1. The summed E-state index contributed by atoms with van der Waals surface area (Å²) in [5.74, 6) is -2.23. The monoisotopic (exact) mass is 392 g/mol. The summed E-state index contributed by atoms with van der Waals surface area (Å²) in [5, 5.41) is 21.2. The molecule has 3 atom stereocenters. The third-order valence-corrected chi connectivity index (χ3v) is 6.49. The fourth-order valence-corrected chi connectivity index (χ4v) is 4.22. The molecule has 0 aliphatic carbocycles. The van der Waals surface area contributed by atoms with E-state index in [-0.39, 0.29) is 13.0 Å². The molecule has 6 N–H and O–H groups in total. The Morgan fingerprint density at radius 1 is 1.07 bits per heavy atom. The number of nitrogens with one attached hydrogen (secondary N) is 1. The van der Waals surface area contributed by atoms with Gasteiger partial charge in [0, 0.05) is 5.69 Å². The third-order valence-electron chi connectivity index (χ3n) is 4.31. The standard InChI is InChI=1S/C19H25N2O5P/c20-18(11-8-14-4-2-1-3-5-14)27(25,26)13-17(19(23)24)21-16-9-6-15(12-22)7-10-16/h1-7,9-10,17-18,21-22H,8,11-13,20H2,(H,23,24)(H,25,26). The molecule has 3 unspecified atom stereocenters. The van der Waals surface area contributed by atoms with E-state index in [1.54, 1.807) is 24.3 Å². The second-order valence-corrected chi connectivity index (χ2v) is 8.96. The molecule has 0 aromatic heterocycles. The van der Waals surface area contributed by atoms with Gasteiger partial charge >= 0.3 is 5.97 Å². The number of nitrogens with two attached hydrogens (primary N) is 1. The van der Waals surface area contributed by atoms with E-state index in [1.807, 2.05) is 30.3 Å². The van der Waals surface area contributed by atoms with Crippen molar-refractivity contribution in [1.82, 2.24) is 0 Å². The van der Waals surface area contributed by atoms with Gasteiger partial charge in [0.25, 0.3) is 0 Å². The molecule has 2 rings (SSSR count). The van der Waals surface area contributed by atoms with Gasteiger partial charge in [-0.05, 0) is 36.1 Å². The molecule has 0 aliphatic rings. The Balaban J connectivity index is 1.99. The van der Waals surface area contributed by atoms with Crippen LogP contribution in [0.15, 0.2) is 54.6 Å². The lowest BCUT2D eigenvalue weighted by Gasteiger charge is -2.23. The number of hydrogen-bond donors (Lipinski definition) is 5. The van der Waals surface area contributed by atoms with Crippen molar-refractivity contribution in [3.63, 3.8) is 0 Å². The molecule has 2 aromatic carbocycles. The van der Waals surface area contributed by atoms with Gasteiger partial charge in [0.2, 0.25) is 7.37 Å². The summed E-state index contributed by atoms with van der Waals surface area (Å²) >= 11 is 0. The number of aliphatic hydroxyl groups is 1. The van der Waals surface area contributed by atoms with Crippen molar-refractivity contribution >= 4 is 19.0 Å². The van der Waals surface area contributed by atoms with Crippen LogP contribution in [-0.4, -0.2) is 39.1 Å². The predicted octanol–water partition coefficient (Wildman–Crippen LogP) is 2.23. The summed E-state index contributed by atoms with van der Waals surface area (Å²) in [6.45, 7) is -0.120. The van der Waals surface area contributed by atoms with Gasteiger partial charge in [0.15, 0.2) is 0 Å². The van der Waals surface area contributed by atoms with E-state index >= 15 is 0 Å². The molecule has 27 heavy (non-hydrogen) atoms. The smallest absolute Gasteiger partial charge is 0.326 e. The van der Waals surface area contributed by atoms with Crippen LogP contribution in [0.3, 0.4) is 0 Å². The van der Waals surface area contributed by atoms with E-state index in [2.05, 4.69) is 5.32 Å². The van der Waals surface area contributed by atoms with Crippen molar-refractivity contribution in [2.75, 3.05) is 11.5 Å². The summed E-state index contributed by atoms with van der Waals surface area (Å²) in [5.41, 5.74) is 8.09. The summed E-state index contributed by atoms with van der Waals surface area (Å²) in [6.07, 6.45) is 0.357. The number of hydrogen-bond acceptors (Lipinski definition) is 5. The van der Waals surface area contributed by atoms with Gasteiger partial charge in [-0.3, -0.25) is 4.57 Å². The van der Waals surface area contributed by atoms with Crippen LogP contribution < -0.4 is 11.1 Å². The van der Waals surface area contributed by atoms with Crippen LogP contribution in [0.4, 0.5) is 5.69 Å². The minimum Gasteiger partial charge on any atom is -0.480 e. The first kappa shape index (κ1) is 21.1. The van der Waals surface area contributed by atoms with Gasteiger partial charge in [-0.25, -0.2) is 4.79 Å². The Hall–Kier alpha value is -2.18. The second kappa shape index (κ2) is 9.67. The van der Waals surface area contributed by atoms with Crippen molar-refractivity contribution in [1.29, 1.82) is 0 Å². The van der Waals surface area contributed by atoms with E-state index in [0.29, 0.717) is 17.7 Å². The average Bonchev–Trinajstić information content (AvgIpc) is 2.66. The van der Waals surface area contributed by atoms with Crippen molar-refractivity contribution in [3.05, 3.63) is 65.7 Å². The summed E-state index contributed by atoms with van der Waals surface area (Å²) in [7, 11) is -3.89. The fraction of sp³-hybridized carbons (Fsp3) is 0.316. The molecule has 0 bridgehead atoms. The topological polar surface area (TPSA) is 133 Å². The number of aryl methyl sites for hydroxylation is 1. The molecule has 8 heteroatoms. The number of carboxylic acid groups (broad SMARTS) is 1. The largest absolute Gasteiger partial charge is 0.480 e.